The molecule has 0 aliphatic heterocycles. The summed E-state index contributed by atoms with van der Waals surface area (Å²) in [5.74, 6) is -2.45. The predicted molar refractivity (Wildman–Crippen MR) is 58.7 cm³/mol. The van der Waals surface area contributed by atoms with Crippen molar-refractivity contribution in [2.75, 3.05) is 37.9 Å². The van der Waals surface area contributed by atoms with Gasteiger partial charge in [-0.2, -0.15) is 0 Å². The molecule has 0 radical (unpaired) electrons. The third-order valence-electron chi connectivity index (χ3n) is 1.99. The van der Waals surface area contributed by atoms with Gasteiger partial charge >= 0.3 is 0 Å². The normalized spacial score (nSPS) is 11.1. The smallest absolute Gasteiger partial charge is 0.287 e. The SMILES string of the molecule is CNc1ncnc(NCC(F)(F)CO)c1OC. The summed E-state index contributed by atoms with van der Waals surface area (Å²) in [5, 5.41) is 13.6. The molecule has 1 aromatic rings. The van der Waals surface area contributed by atoms with E-state index in [1.165, 1.54) is 13.4 Å². The lowest BCUT2D eigenvalue weighted by atomic mass is 10.3. The Labute approximate surface area is 97.0 Å². The third-order valence-corrected chi connectivity index (χ3v) is 1.99. The number of aromatic nitrogens is 2. The number of rotatable bonds is 6. The molecule has 0 spiro atoms. The molecule has 1 heterocycles. The van der Waals surface area contributed by atoms with Gasteiger partial charge in [0.05, 0.1) is 13.7 Å². The molecule has 3 N–H and O–H groups in total. The van der Waals surface area contributed by atoms with Crippen molar-refractivity contribution in [3.05, 3.63) is 6.33 Å². The van der Waals surface area contributed by atoms with Gasteiger partial charge in [-0.15, -0.1) is 0 Å². The van der Waals surface area contributed by atoms with Crippen LogP contribution in [0.15, 0.2) is 6.33 Å². The topological polar surface area (TPSA) is 79.3 Å². The van der Waals surface area contributed by atoms with Crippen molar-refractivity contribution >= 4 is 11.6 Å². The zero-order valence-electron chi connectivity index (χ0n) is 9.50. The van der Waals surface area contributed by atoms with Gasteiger partial charge in [0.25, 0.3) is 5.92 Å². The highest BCUT2D eigenvalue weighted by Crippen LogP contribution is 2.29. The second-order valence-electron chi connectivity index (χ2n) is 3.22. The Morgan fingerprint density at radius 3 is 2.59 bits per heavy atom. The molecule has 17 heavy (non-hydrogen) atoms. The molecule has 0 bridgehead atoms. The van der Waals surface area contributed by atoms with Gasteiger partial charge in [-0.05, 0) is 0 Å². The molecule has 0 saturated heterocycles. The Balaban J connectivity index is 2.84. The number of alkyl halides is 2. The summed E-state index contributed by atoms with van der Waals surface area (Å²) in [6, 6.07) is 0. The minimum absolute atomic E-state index is 0.139. The maximum absolute atomic E-state index is 12.8. The van der Waals surface area contributed by atoms with Crippen LogP contribution in [0.3, 0.4) is 0 Å². The second kappa shape index (κ2) is 5.58. The quantitative estimate of drug-likeness (QED) is 0.683. The number of hydrogen-bond donors (Lipinski definition) is 3. The van der Waals surface area contributed by atoms with Crippen LogP contribution < -0.4 is 15.4 Å². The number of halogens is 2. The summed E-state index contributed by atoms with van der Waals surface area (Å²) >= 11 is 0. The lowest BCUT2D eigenvalue weighted by Gasteiger charge is -2.16. The highest BCUT2D eigenvalue weighted by molar-refractivity contribution is 5.63. The van der Waals surface area contributed by atoms with Crippen LogP contribution in [-0.4, -0.2) is 48.3 Å². The molecule has 0 saturated carbocycles. The van der Waals surface area contributed by atoms with Gasteiger partial charge in [0.15, 0.2) is 11.6 Å². The average Bonchev–Trinajstić information content (AvgIpc) is 2.35. The molecule has 0 aliphatic rings. The van der Waals surface area contributed by atoms with Crippen molar-refractivity contribution in [1.82, 2.24) is 9.97 Å². The van der Waals surface area contributed by atoms with Gasteiger partial charge in [0, 0.05) is 7.05 Å². The molecule has 1 aromatic heterocycles. The maximum atomic E-state index is 12.8. The van der Waals surface area contributed by atoms with E-state index < -0.39 is 19.1 Å². The van der Waals surface area contributed by atoms with Crippen LogP contribution >= 0.6 is 0 Å². The molecule has 0 amide bonds. The number of methoxy groups -OCH3 is 1. The van der Waals surface area contributed by atoms with Crippen LogP contribution in [0.4, 0.5) is 20.4 Å². The minimum Gasteiger partial charge on any atom is -0.490 e. The first-order valence-electron chi connectivity index (χ1n) is 4.83. The third kappa shape index (κ3) is 3.38. The average molecular weight is 248 g/mol. The van der Waals surface area contributed by atoms with E-state index in [1.807, 2.05) is 0 Å². The number of nitrogens with zero attached hydrogens (tertiary/aromatic N) is 2. The van der Waals surface area contributed by atoms with E-state index in [9.17, 15) is 8.78 Å². The maximum Gasteiger partial charge on any atom is 0.287 e. The first-order chi connectivity index (χ1) is 8.04. The molecule has 96 valence electrons. The van der Waals surface area contributed by atoms with Crippen LogP contribution in [0.25, 0.3) is 0 Å². The summed E-state index contributed by atoms with van der Waals surface area (Å²) in [4.78, 5) is 7.66. The number of aliphatic hydroxyl groups excluding tert-OH is 1. The van der Waals surface area contributed by atoms with Crippen molar-refractivity contribution in [3.63, 3.8) is 0 Å². The molecular weight excluding hydrogens is 234 g/mol. The Morgan fingerprint density at radius 2 is 2.06 bits per heavy atom. The van der Waals surface area contributed by atoms with Gasteiger partial charge in [0.1, 0.15) is 12.9 Å². The lowest BCUT2D eigenvalue weighted by Crippen LogP contribution is -2.31. The molecule has 0 fully saturated rings. The fourth-order valence-electron chi connectivity index (χ4n) is 1.14. The van der Waals surface area contributed by atoms with E-state index in [2.05, 4.69) is 20.6 Å². The first kappa shape index (κ1) is 13.4. The Kier molecular flexibility index (Phi) is 4.38. The molecule has 8 heteroatoms. The Hall–Kier alpha value is -1.70. The lowest BCUT2D eigenvalue weighted by molar-refractivity contribution is -0.0373. The van der Waals surface area contributed by atoms with Crippen molar-refractivity contribution < 1.29 is 18.6 Å². The Morgan fingerprint density at radius 1 is 1.41 bits per heavy atom. The number of anilines is 2. The minimum atomic E-state index is -3.21. The van der Waals surface area contributed by atoms with Crippen LogP contribution in [-0.2, 0) is 0 Å². The van der Waals surface area contributed by atoms with Crippen molar-refractivity contribution in [3.8, 4) is 5.75 Å². The molecule has 0 atom stereocenters. The summed E-state index contributed by atoms with van der Waals surface area (Å²) in [5.41, 5.74) is 0. The van der Waals surface area contributed by atoms with Crippen LogP contribution in [0, 0.1) is 0 Å². The fraction of sp³-hybridized carbons (Fsp3) is 0.556. The molecular formula is C9H14F2N4O2. The molecule has 0 aliphatic carbocycles. The van der Waals surface area contributed by atoms with Crippen molar-refractivity contribution in [1.29, 1.82) is 0 Å². The fourth-order valence-corrected chi connectivity index (χ4v) is 1.14. The largest absolute Gasteiger partial charge is 0.490 e. The van der Waals surface area contributed by atoms with E-state index in [-0.39, 0.29) is 11.6 Å². The van der Waals surface area contributed by atoms with E-state index in [0.29, 0.717) is 5.82 Å². The van der Waals surface area contributed by atoms with E-state index in [4.69, 9.17) is 9.84 Å². The van der Waals surface area contributed by atoms with Gasteiger partial charge < -0.3 is 20.5 Å². The van der Waals surface area contributed by atoms with E-state index >= 15 is 0 Å². The summed E-state index contributed by atoms with van der Waals surface area (Å²) in [6.45, 7) is -1.97. The van der Waals surface area contributed by atoms with Crippen molar-refractivity contribution in [2.45, 2.75) is 5.92 Å². The summed E-state index contributed by atoms with van der Waals surface area (Å²) in [7, 11) is 3.01. The number of nitrogens with one attached hydrogen (secondary N) is 2. The first-order valence-corrected chi connectivity index (χ1v) is 4.83. The van der Waals surface area contributed by atoms with Gasteiger partial charge in [-0.3, -0.25) is 0 Å². The van der Waals surface area contributed by atoms with Crippen LogP contribution in [0.2, 0.25) is 0 Å². The molecule has 0 aromatic carbocycles. The number of hydrogen-bond acceptors (Lipinski definition) is 6. The van der Waals surface area contributed by atoms with Gasteiger partial charge in [-0.25, -0.2) is 18.7 Å². The zero-order valence-corrected chi connectivity index (χ0v) is 9.50. The Bertz CT molecular complexity index is 376. The standard InChI is InChI=1S/C9H14F2N4O2/c1-12-7-6(17-2)8(15-5-14-7)13-3-9(10,11)4-16/h5,16H,3-4H2,1-2H3,(H2,12,13,14,15). The molecule has 0 unspecified atom stereocenters. The van der Waals surface area contributed by atoms with E-state index in [1.54, 1.807) is 7.05 Å². The zero-order chi connectivity index (χ0) is 12.9. The summed E-state index contributed by atoms with van der Waals surface area (Å²) in [6.07, 6.45) is 1.22. The van der Waals surface area contributed by atoms with E-state index in [0.717, 1.165) is 0 Å². The molecule has 6 nitrogen and oxygen atoms in total. The van der Waals surface area contributed by atoms with Crippen LogP contribution in [0.5, 0.6) is 5.75 Å². The predicted octanol–water partition coefficient (Wildman–Crippen LogP) is 0.566. The van der Waals surface area contributed by atoms with Crippen molar-refractivity contribution in [2.24, 2.45) is 0 Å². The summed E-state index contributed by atoms with van der Waals surface area (Å²) < 4.78 is 30.7. The number of aliphatic hydroxyl groups is 1. The van der Waals surface area contributed by atoms with Crippen LogP contribution in [0.1, 0.15) is 0 Å². The van der Waals surface area contributed by atoms with Gasteiger partial charge in [0.2, 0.25) is 5.75 Å². The number of ether oxygens (including phenoxy) is 1. The second-order valence-corrected chi connectivity index (χ2v) is 3.22. The van der Waals surface area contributed by atoms with Gasteiger partial charge in [-0.1, -0.05) is 0 Å². The monoisotopic (exact) mass is 248 g/mol. The molecule has 1 rings (SSSR count). The highest BCUT2D eigenvalue weighted by Gasteiger charge is 2.28. The highest BCUT2D eigenvalue weighted by atomic mass is 19.3.